The fourth-order valence-electron chi connectivity index (χ4n) is 2.72. The molecule has 0 saturated carbocycles. The van der Waals surface area contributed by atoms with E-state index in [1.807, 2.05) is 4.98 Å². The van der Waals surface area contributed by atoms with Crippen LogP contribution < -0.4 is 16.8 Å². The minimum atomic E-state index is -5.03. The summed E-state index contributed by atoms with van der Waals surface area (Å²) in [7, 11) is 0.706. The van der Waals surface area contributed by atoms with Gasteiger partial charge >= 0.3 is 18.0 Å². The number of hydrogen-bond acceptors (Lipinski definition) is 3. The van der Waals surface area contributed by atoms with Gasteiger partial charge in [0.2, 0.25) is 0 Å². The molecule has 1 aromatic carbocycles. The molecule has 0 radical (unpaired) electrons. The minimum Gasteiger partial charge on any atom is -0.321 e. The number of fused-ring (bicyclic) bond motifs is 1. The highest BCUT2D eigenvalue weighted by atomic mass is 19.4. The van der Waals surface area contributed by atoms with Gasteiger partial charge in [0.15, 0.2) is 0 Å². The summed E-state index contributed by atoms with van der Waals surface area (Å²) in [5.74, 6) is -1.36. The SMILES string of the molecule is Cn1c(C(F)(F)F)cc(=O)n(-c2cc3[nH]c(=O)c(C(F)(F)F)cc3cc2F)c1=O. The van der Waals surface area contributed by atoms with E-state index < -0.39 is 57.3 Å². The highest BCUT2D eigenvalue weighted by Gasteiger charge is 2.36. The van der Waals surface area contributed by atoms with Crippen LogP contribution in [0.1, 0.15) is 11.3 Å². The molecule has 1 N–H and O–H groups in total. The Bertz CT molecular complexity index is 1310. The van der Waals surface area contributed by atoms with Crippen molar-refractivity contribution in [2.75, 3.05) is 0 Å². The molecule has 0 spiro atoms. The summed E-state index contributed by atoms with van der Waals surface area (Å²) >= 11 is 0. The Hall–Kier alpha value is -3.38. The van der Waals surface area contributed by atoms with Gasteiger partial charge in [-0.2, -0.15) is 26.3 Å². The van der Waals surface area contributed by atoms with Crippen molar-refractivity contribution in [3.05, 3.63) is 72.5 Å². The Balaban J connectivity index is 2.34. The topological polar surface area (TPSA) is 76.9 Å². The molecule has 0 atom stereocenters. The molecular formula is C16H8F7N3O3. The van der Waals surface area contributed by atoms with E-state index in [1.165, 1.54) is 0 Å². The first-order valence-corrected chi connectivity index (χ1v) is 7.56. The molecule has 2 heterocycles. The Kier molecular flexibility index (Phi) is 4.44. The van der Waals surface area contributed by atoms with Crippen LogP contribution in [0.5, 0.6) is 0 Å². The number of alkyl halides is 6. The normalized spacial score (nSPS) is 12.6. The fraction of sp³-hybridized carbons (Fsp3) is 0.188. The lowest BCUT2D eigenvalue weighted by molar-refractivity contribution is -0.144. The van der Waals surface area contributed by atoms with Crippen molar-refractivity contribution in [2.24, 2.45) is 7.05 Å². The van der Waals surface area contributed by atoms with Crippen molar-refractivity contribution in [1.29, 1.82) is 0 Å². The second-order valence-corrected chi connectivity index (χ2v) is 5.94. The number of benzene rings is 1. The van der Waals surface area contributed by atoms with Gasteiger partial charge in [-0.1, -0.05) is 0 Å². The molecule has 0 bridgehead atoms. The van der Waals surface area contributed by atoms with Crippen molar-refractivity contribution in [3.8, 4) is 5.69 Å². The van der Waals surface area contributed by atoms with Crippen LogP contribution in [0.15, 0.2) is 38.6 Å². The lowest BCUT2D eigenvalue weighted by Gasteiger charge is -2.15. The first kappa shape index (κ1) is 20.4. The lowest BCUT2D eigenvalue weighted by atomic mass is 10.1. The van der Waals surface area contributed by atoms with Crippen molar-refractivity contribution < 1.29 is 30.7 Å². The van der Waals surface area contributed by atoms with Crippen LogP contribution in [-0.2, 0) is 19.4 Å². The summed E-state index contributed by atoms with van der Waals surface area (Å²) in [6.45, 7) is 0. The van der Waals surface area contributed by atoms with Crippen molar-refractivity contribution in [1.82, 2.24) is 14.1 Å². The molecule has 0 aliphatic carbocycles. The molecule has 154 valence electrons. The van der Waals surface area contributed by atoms with E-state index in [2.05, 4.69) is 0 Å². The van der Waals surface area contributed by atoms with Gasteiger partial charge in [0.25, 0.3) is 11.1 Å². The molecule has 0 unspecified atom stereocenters. The van der Waals surface area contributed by atoms with E-state index >= 15 is 0 Å². The van der Waals surface area contributed by atoms with E-state index in [9.17, 15) is 45.1 Å². The maximum atomic E-state index is 14.5. The smallest absolute Gasteiger partial charge is 0.321 e. The van der Waals surface area contributed by atoms with Crippen LogP contribution in [-0.4, -0.2) is 14.1 Å². The van der Waals surface area contributed by atoms with Gasteiger partial charge in [0, 0.05) is 18.5 Å². The zero-order valence-corrected chi connectivity index (χ0v) is 14.1. The maximum Gasteiger partial charge on any atom is 0.431 e. The number of nitrogens with one attached hydrogen (secondary N) is 1. The molecule has 0 aliphatic heterocycles. The Morgan fingerprint density at radius 1 is 0.897 bits per heavy atom. The monoisotopic (exact) mass is 423 g/mol. The summed E-state index contributed by atoms with van der Waals surface area (Å²) < 4.78 is 91.7. The lowest BCUT2D eigenvalue weighted by Crippen LogP contribution is -2.41. The van der Waals surface area contributed by atoms with Gasteiger partial charge in [-0.3, -0.25) is 14.2 Å². The number of pyridine rings is 1. The number of aromatic amines is 1. The third-order valence-electron chi connectivity index (χ3n) is 4.07. The third-order valence-corrected chi connectivity index (χ3v) is 4.07. The van der Waals surface area contributed by atoms with E-state index in [4.69, 9.17) is 0 Å². The fourth-order valence-corrected chi connectivity index (χ4v) is 2.72. The molecule has 29 heavy (non-hydrogen) atoms. The van der Waals surface area contributed by atoms with Crippen LogP contribution in [0, 0.1) is 5.82 Å². The van der Waals surface area contributed by atoms with E-state index in [0.29, 0.717) is 25.2 Å². The highest BCUT2D eigenvalue weighted by molar-refractivity contribution is 5.81. The summed E-state index contributed by atoms with van der Waals surface area (Å²) in [6.07, 6.45) is -10.1. The van der Waals surface area contributed by atoms with Crippen LogP contribution >= 0.6 is 0 Å². The van der Waals surface area contributed by atoms with Crippen LogP contribution in [0.4, 0.5) is 30.7 Å². The van der Waals surface area contributed by atoms with E-state index in [-0.39, 0.29) is 20.7 Å². The number of aromatic nitrogens is 3. The molecule has 3 aromatic rings. The molecule has 3 rings (SSSR count). The van der Waals surface area contributed by atoms with Gasteiger partial charge in [-0.25, -0.2) is 13.8 Å². The number of H-pyrrole nitrogens is 1. The minimum absolute atomic E-state index is 0.0694. The Morgan fingerprint density at radius 2 is 1.52 bits per heavy atom. The summed E-state index contributed by atoms with van der Waals surface area (Å²) in [5.41, 5.74) is -9.01. The molecular weight excluding hydrogens is 415 g/mol. The van der Waals surface area contributed by atoms with Gasteiger partial charge < -0.3 is 4.98 Å². The predicted octanol–water partition coefficient (Wildman–Crippen LogP) is 2.55. The van der Waals surface area contributed by atoms with Crippen molar-refractivity contribution in [3.63, 3.8) is 0 Å². The zero-order valence-electron chi connectivity index (χ0n) is 14.1. The second kappa shape index (κ2) is 6.32. The second-order valence-electron chi connectivity index (χ2n) is 5.94. The quantitative estimate of drug-likeness (QED) is 0.612. The molecule has 0 amide bonds. The van der Waals surface area contributed by atoms with Gasteiger partial charge in [-0.15, -0.1) is 0 Å². The van der Waals surface area contributed by atoms with Crippen LogP contribution in [0.25, 0.3) is 16.6 Å². The zero-order chi connectivity index (χ0) is 21.9. The molecule has 6 nitrogen and oxygen atoms in total. The summed E-state index contributed by atoms with van der Waals surface area (Å²) in [5, 5.41) is -0.407. The van der Waals surface area contributed by atoms with E-state index in [0.717, 1.165) is 0 Å². The average Bonchev–Trinajstić information content (AvgIpc) is 2.56. The first-order valence-electron chi connectivity index (χ1n) is 7.56. The highest BCUT2D eigenvalue weighted by Crippen LogP contribution is 2.29. The number of nitrogens with zero attached hydrogens (tertiary/aromatic N) is 2. The number of hydrogen-bond donors (Lipinski definition) is 1. The van der Waals surface area contributed by atoms with Crippen molar-refractivity contribution >= 4 is 10.9 Å². The molecule has 2 aromatic heterocycles. The van der Waals surface area contributed by atoms with E-state index in [1.54, 1.807) is 0 Å². The number of rotatable bonds is 1. The summed E-state index contributed by atoms with van der Waals surface area (Å²) in [6, 6.07) is 1.64. The number of halogens is 7. The predicted molar refractivity (Wildman–Crippen MR) is 85.4 cm³/mol. The molecule has 0 fully saturated rings. The van der Waals surface area contributed by atoms with Gasteiger partial charge in [0.05, 0.1) is 11.2 Å². The van der Waals surface area contributed by atoms with Crippen LogP contribution in [0.3, 0.4) is 0 Å². The third kappa shape index (κ3) is 3.43. The maximum absolute atomic E-state index is 14.5. The van der Waals surface area contributed by atoms with Crippen LogP contribution in [0.2, 0.25) is 0 Å². The largest absolute Gasteiger partial charge is 0.431 e. The Labute approximate surface area is 154 Å². The first-order chi connectivity index (χ1) is 13.2. The van der Waals surface area contributed by atoms with Crippen molar-refractivity contribution in [2.45, 2.75) is 12.4 Å². The Morgan fingerprint density at radius 3 is 2.07 bits per heavy atom. The van der Waals surface area contributed by atoms with Gasteiger partial charge in [-0.05, 0) is 18.2 Å². The summed E-state index contributed by atoms with van der Waals surface area (Å²) in [4.78, 5) is 37.8. The van der Waals surface area contributed by atoms with Gasteiger partial charge in [0.1, 0.15) is 17.1 Å². The molecule has 13 heteroatoms. The standard InChI is InChI=1S/C16H8F7N3O3/c1-25-11(16(21,22)23)5-12(27)26(14(25)29)10-4-9-6(3-8(10)17)2-7(13(28)24-9)15(18,19)20/h2-5H,1H3,(H,24,28). The average molecular weight is 423 g/mol. The molecule has 0 aliphatic rings. The molecule has 0 saturated heterocycles.